The molecule has 0 saturated heterocycles. The number of rotatable bonds is 6. The van der Waals surface area contributed by atoms with Crippen LogP contribution < -0.4 is 4.74 Å². The van der Waals surface area contributed by atoms with Crippen molar-refractivity contribution in [2.24, 2.45) is 0 Å². The number of aromatic amines is 1. The zero-order valence-corrected chi connectivity index (χ0v) is 16.3. The number of aryl methyl sites for hydroxylation is 1. The summed E-state index contributed by atoms with van der Waals surface area (Å²) in [6, 6.07) is 6.73. The lowest BCUT2D eigenvalue weighted by molar-refractivity contribution is 0.261. The fourth-order valence-corrected chi connectivity index (χ4v) is 4.26. The monoisotopic (exact) mass is 407 g/mol. The summed E-state index contributed by atoms with van der Waals surface area (Å²) >= 11 is 12.4. The van der Waals surface area contributed by atoms with Crippen LogP contribution in [0.25, 0.3) is 11.2 Å². The van der Waals surface area contributed by atoms with E-state index in [1.807, 2.05) is 6.07 Å². The fraction of sp³-hybridized carbons (Fsp3) is 0.400. The Kier molecular flexibility index (Phi) is 5.50. The molecule has 3 aromatic rings. The molecule has 0 fully saturated rings. The Morgan fingerprint density at radius 2 is 2.04 bits per heavy atom. The lowest BCUT2D eigenvalue weighted by Crippen LogP contribution is -2.14. The molecule has 1 aromatic carbocycles. The Morgan fingerprint density at radius 3 is 2.93 bits per heavy atom. The second-order valence-corrected chi connectivity index (χ2v) is 7.77. The maximum absolute atomic E-state index is 13.1. The molecular weight excluding hydrogens is 388 g/mol. The molecule has 0 bridgehead atoms. The molecule has 0 spiro atoms. The van der Waals surface area contributed by atoms with Crippen LogP contribution in [0.4, 0.5) is 4.39 Å². The summed E-state index contributed by atoms with van der Waals surface area (Å²) in [4.78, 5) is 11.4. The minimum atomic E-state index is -0.502. The van der Waals surface area contributed by atoms with E-state index < -0.39 is 5.95 Å². The molecule has 1 aliphatic heterocycles. The molecule has 7 heteroatoms. The van der Waals surface area contributed by atoms with Gasteiger partial charge >= 0.3 is 0 Å². The number of unbranched alkanes of at least 4 members (excludes halogenated alkanes) is 2. The van der Waals surface area contributed by atoms with E-state index in [0.29, 0.717) is 28.2 Å². The number of hydrogen-bond donors (Lipinski definition) is 1. The van der Waals surface area contributed by atoms with Crippen LogP contribution in [0.1, 0.15) is 49.4 Å². The van der Waals surface area contributed by atoms with Gasteiger partial charge in [-0.15, -0.1) is 0 Å². The predicted octanol–water partition coefficient (Wildman–Crippen LogP) is 6.07. The summed E-state index contributed by atoms with van der Waals surface area (Å²) in [5.74, 6) is 1.58. The standard InChI is InChI=1S/C20H20Cl2FN3O/c21-13-10-14-12(8-9-27-19(14)15(22)11-13)4-2-1-3-5-18-24-16-6-7-17(23)25-20(16)26-18/h6-7,10-12H,1-5,8-9H2,(H,24,25,26)/t12-/m0/s1. The van der Waals surface area contributed by atoms with Crippen molar-refractivity contribution in [3.05, 3.63) is 51.6 Å². The number of imidazole rings is 1. The molecule has 1 N–H and O–H groups in total. The minimum absolute atomic E-state index is 0.434. The van der Waals surface area contributed by atoms with Crippen LogP contribution in [0.2, 0.25) is 10.0 Å². The summed E-state index contributed by atoms with van der Waals surface area (Å²) in [6.07, 6.45) is 6.14. The lowest BCUT2D eigenvalue weighted by Gasteiger charge is -2.27. The molecule has 0 aliphatic carbocycles. The van der Waals surface area contributed by atoms with Gasteiger partial charge in [0.1, 0.15) is 11.6 Å². The van der Waals surface area contributed by atoms with Crippen molar-refractivity contribution in [1.29, 1.82) is 0 Å². The predicted molar refractivity (Wildman–Crippen MR) is 105 cm³/mol. The van der Waals surface area contributed by atoms with E-state index in [9.17, 15) is 4.39 Å². The van der Waals surface area contributed by atoms with E-state index in [0.717, 1.165) is 61.2 Å². The maximum Gasteiger partial charge on any atom is 0.215 e. The van der Waals surface area contributed by atoms with Gasteiger partial charge in [-0.1, -0.05) is 36.0 Å². The number of H-pyrrole nitrogens is 1. The van der Waals surface area contributed by atoms with Gasteiger partial charge in [-0.3, -0.25) is 0 Å². The molecule has 0 saturated carbocycles. The number of pyridine rings is 1. The van der Waals surface area contributed by atoms with Gasteiger partial charge in [-0.2, -0.15) is 9.37 Å². The maximum atomic E-state index is 13.1. The van der Waals surface area contributed by atoms with Gasteiger partial charge in [0.25, 0.3) is 0 Å². The van der Waals surface area contributed by atoms with Crippen molar-refractivity contribution < 1.29 is 9.13 Å². The molecule has 4 nitrogen and oxygen atoms in total. The summed E-state index contributed by atoms with van der Waals surface area (Å²) in [5.41, 5.74) is 2.35. The van der Waals surface area contributed by atoms with Crippen LogP contribution in [-0.4, -0.2) is 21.6 Å². The molecule has 1 atom stereocenters. The van der Waals surface area contributed by atoms with Crippen LogP contribution in [0, 0.1) is 5.95 Å². The molecule has 2 aromatic heterocycles. The molecule has 27 heavy (non-hydrogen) atoms. The first-order valence-corrected chi connectivity index (χ1v) is 9.98. The van der Waals surface area contributed by atoms with Crippen LogP contribution in [0.15, 0.2) is 24.3 Å². The highest BCUT2D eigenvalue weighted by Crippen LogP contribution is 2.42. The Hall–Kier alpha value is -1.85. The smallest absolute Gasteiger partial charge is 0.215 e. The normalized spacial score (nSPS) is 16.3. The Labute approximate surface area is 167 Å². The number of halogens is 3. The van der Waals surface area contributed by atoms with E-state index in [4.69, 9.17) is 27.9 Å². The number of nitrogens with zero attached hydrogens (tertiary/aromatic N) is 2. The van der Waals surface area contributed by atoms with Gasteiger partial charge in [-0.05, 0) is 49.4 Å². The largest absolute Gasteiger partial charge is 0.492 e. The first-order chi connectivity index (χ1) is 13.1. The second-order valence-electron chi connectivity index (χ2n) is 6.93. The lowest BCUT2D eigenvalue weighted by atomic mass is 9.88. The topological polar surface area (TPSA) is 50.8 Å². The first kappa shape index (κ1) is 18.5. The highest BCUT2D eigenvalue weighted by Gasteiger charge is 2.23. The van der Waals surface area contributed by atoms with Gasteiger partial charge in [-0.25, -0.2) is 4.98 Å². The first-order valence-electron chi connectivity index (χ1n) is 9.23. The van der Waals surface area contributed by atoms with Crippen molar-refractivity contribution in [2.45, 2.75) is 44.4 Å². The third kappa shape index (κ3) is 4.19. The minimum Gasteiger partial charge on any atom is -0.492 e. The number of ether oxygens (including phenoxy) is 1. The van der Waals surface area contributed by atoms with E-state index in [-0.39, 0.29) is 0 Å². The van der Waals surface area contributed by atoms with E-state index in [2.05, 4.69) is 15.0 Å². The van der Waals surface area contributed by atoms with E-state index >= 15 is 0 Å². The van der Waals surface area contributed by atoms with Crippen LogP contribution in [0.3, 0.4) is 0 Å². The zero-order valence-electron chi connectivity index (χ0n) is 14.8. The van der Waals surface area contributed by atoms with Gasteiger partial charge in [0, 0.05) is 17.0 Å². The third-order valence-corrected chi connectivity index (χ3v) is 5.52. The number of benzene rings is 1. The molecule has 142 valence electrons. The molecule has 0 unspecified atom stereocenters. The van der Waals surface area contributed by atoms with Crippen molar-refractivity contribution in [3.63, 3.8) is 0 Å². The Morgan fingerprint density at radius 1 is 1.15 bits per heavy atom. The molecule has 0 amide bonds. The Balaban J connectivity index is 1.29. The third-order valence-electron chi connectivity index (χ3n) is 5.02. The molecule has 4 rings (SSSR count). The quantitative estimate of drug-likeness (QED) is 0.398. The van der Waals surface area contributed by atoms with Crippen LogP contribution in [-0.2, 0) is 6.42 Å². The molecule has 0 radical (unpaired) electrons. The number of aromatic nitrogens is 3. The van der Waals surface area contributed by atoms with Crippen molar-refractivity contribution in [2.75, 3.05) is 6.61 Å². The molecule has 1 aliphatic rings. The van der Waals surface area contributed by atoms with Gasteiger partial charge in [0.15, 0.2) is 5.65 Å². The van der Waals surface area contributed by atoms with Gasteiger partial charge in [0.05, 0.1) is 17.1 Å². The Bertz CT molecular complexity index is 960. The average molecular weight is 408 g/mol. The van der Waals surface area contributed by atoms with Gasteiger partial charge in [0.2, 0.25) is 5.95 Å². The van der Waals surface area contributed by atoms with E-state index in [1.54, 1.807) is 12.1 Å². The number of fused-ring (bicyclic) bond motifs is 2. The van der Waals surface area contributed by atoms with Gasteiger partial charge < -0.3 is 9.72 Å². The van der Waals surface area contributed by atoms with Crippen molar-refractivity contribution in [3.8, 4) is 5.75 Å². The van der Waals surface area contributed by atoms with Crippen LogP contribution >= 0.6 is 23.2 Å². The summed E-state index contributed by atoms with van der Waals surface area (Å²) in [6.45, 7) is 0.696. The summed E-state index contributed by atoms with van der Waals surface area (Å²) in [7, 11) is 0. The van der Waals surface area contributed by atoms with Crippen molar-refractivity contribution in [1.82, 2.24) is 15.0 Å². The van der Waals surface area contributed by atoms with E-state index in [1.165, 1.54) is 6.07 Å². The van der Waals surface area contributed by atoms with Crippen molar-refractivity contribution >= 4 is 34.4 Å². The zero-order chi connectivity index (χ0) is 18.8. The highest BCUT2D eigenvalue weighted by molar-refractivity contribution is 6.35. The average Bonchev–Trinajstić information content (AvgIpc) is 3.03. The molecular formula is C20H20Cl2FN3O. The summed E-state index contributed by atoms with van der Waals surface area (Å²) in [5, 5.41) is 1.25. The second kappa shape index (κ2) is 8.03. The van der Waals surface area contributed by atoms with Crippen LogP contribution in [0.5, 0.6) is 5.75 Å². The SMILES string of the molecule is Fc1ccc2[nH]c(CCCCC[C@H]3CCOc4c(Cl)cc(Cl)cc43)nc2n1. The number of nitrogens with one attached hydrogen (secondary N) is 1. The fourth-order valence-electron chi connectivity index (χ4n) is 3.69. The molecule has 3 heterocycles. The summed E-state index contributed by atoms with van der Waals surface area (Å²) < 4.78 is 18.9. The highest BCUT2D eigenvalue weighted by atomic mass is 35.5. The number of hydrogen-bond acceptors (Lipinski definition) is 3.